The molecule has 0 aliphatic rings. The van der Waals surface area contributed by atoms with Crippen molar-refractivity contribution in [3.8, 4) is 0 Å². The minimum absolute atomic E-state index is 0.336. The molecule has 0 spiro atoms. The van der Waals surface area contributed by atoms with Crippen LogP contribution in [0.1, 0.15) is 17.3 Å². The summed E-state index contributed by atoms with van der Waals surface area (Å²) in [5.41, 5.74) is 0.473. The summed E-state index contributed by atoms with van der Waals surface area (Å²) >= 11 is 0. The summed E-state index contributed by atoms with van der Waals surface area (Å²) in [6.45, 7) is 3.81. The Kier molecular flexibility index (Phi) is 5.28. The molecule has 1 aromatic heterocycles. The second-order valence-corrected chi connectivity index (χ2v) is 3.18. The number of ether oxygens (including phenoxy) is 1. The Morgan fingerprint density at radius 2 is 2.25 bits per heavy atom. The van der Waals surface area contributed by atoms with Gasteiger partial charge in [0.25, 0.3) is 0 Å². The molecular weight excluding hydrogens is 206 g/mol. The number of nitrogens with zero attached hydrogens (tertiary/aromatic N) is 1. The minimum Gasteiger partial charge on any atom is -0.462 e. The second kappa shape index (κ2) is 6.79. The van der Waals surface area contributed by atoms with Gasteiger partial charge in [0.15, 0.2) is 0 Å². The quantitative estimate of drug-likeness (QED) is 0.554. The molecule has 5 heteroatoms. The molecule has 0 unspecified atom stereocenters. The highest BCUT2D eigenvalue weighted by atomic mass is 16.5. The summed E-state index contributed by atoms with van der Waals surface area (Å²) in [6, 6.07) is 3.47. The van der Waals surface area contributed by atoms with Crippen molar-refractivity contribution < 1.29 is 9.53 Å². The van der Waals surface area contributed by atoms with E-state index in [4.69, 9.17) is 4.74 Å². The zero-order valence-electron chi connectivity index (χ0n) is 9.62. The van der Waals surface area contributed by atoms with E-state index in [-0.39, 0.29) is 5.97 Å². The van der Waals surface area contributed by atoms with Gasteiger partial charge in [-0.15, -0.1) is 0 Å². The SMILES string of the molecule is CCOC(=O)c1ccc(NCCNC)nc1. The van der Waals surface area contributed by atoms with Crippen LogP contribution in [0.3, 0.4) is 0 Å². The van der Waals surface area contributed by atoms with E-state index in [1.807, 2.05) is 7.05 Å². The summed E-state index contributed by atoms with van der Waals surface area (Å²) in [7, 11) is 1.89. The van der Waals surface area contributed by atoms with Crippen molar-refractivity contribution in [1.29, 1.82) is 0 Å². The molecule has 16 heavy (non-hydrogen) atoms. The van der Waals surface area contributed by atoms with Crippen LogP contribution < -0.4 is 10.6 Å². The minimum atomic E-state index is -0.336. The fourth-order valence-corrected chi connectivity index (χ4v) is 1.15. The van der Waals surface area contributed by atoms with Crippen molar-refractivity contribution in [1.82, 2.24) is 10.3 Å². The standard InChI is InChI=1S/C11H17N3O2/c1-3-16-11(15)9-4-5-10(14-8-9)13-7-6-12-2/h4-5,8,12H,3,6-7H2,1-2H3,(H,13,14). The first-order valence-electron chi connectivity index (χ1n) is 5.29. The van der Waals surface area contributed by atoms with Gasteiger partial charge in [-0.05, 0) is 26.1 Å². The van der Waals surface area contributed by atoms with E-state index in [1.165, 1.54) is 6.20 Å². The smallest absolute Gasteiger partial charge is 0.339 e. The van der Waals surface area contributed by atoms with E-state index in [0.29, 0.717) is 12.2 Å². The lowest BCUT2D eigenvalue weighted by Crippen LogP contribution is -2.18. The van der Waals surface area contributed by atoms with Gasteiger partial charge in [-0.25, -0.2) is 9.78 Å². The molecule has 1 heterocycles. The van der Waals surface area contributed by atoms with E-state index >= 15 is 0 Å². The maximum absolute atomic E-state index is 11.3. The molecule has 0 saturated heterocycles. The van der Waals surface area contributed by atoms with Gasteiger partial charge < -0.3 is 15.4 Å². The van der Waals surface area contributed by atoms with Crippen LogP contribution in [0.25, 0.3) is 0 Å². The number of esters is 1. The molecule has 5 nitrogen and oxygen atoms in total. The highest BCUT2D eigenvalue weighted by Gasteiger charge is 2.05. The highest BCUT2D eigenvalue weighted by Crippen LogP contribution is 2.05. The Morgan fingerprint density at radius 3 is 2.81 bits per heavy atom. The molecule has 0 aliphatic heterocycles. The maximum atomic E-state index is 11.3. The average molecular weight is 223 g/mol. The molecule has 0 atom stereocenters. The average Bonchev–Trinajstić information content (AvgIpc) is 2.30. The van der Waals surface area contributed by atoms with Crippen LogP contribution in [-0.2, 0) is 4.74 Å². The first kappa shape index (κ1) is 12.4. The van der Waals surface area contributed by atoms with Crippen molar-refractivity contribution in [2.24, 2.45) is 0 Å². The van der Waals surface area contributed by atoms with Gasteiger partial charge in [0.05, 0.1) is 12.2 Å². The van der Waals surface area contributed by atoms with Crippen LogP contribution in [0, 0.1) is 0 Å². The first-order valence-corrected chi connectivity index (χ1v) is 5.29. The van der Waals surface area contributed by atoms with Crippen LogP contribution in [0.2, 0.25) is 0 Å². The summed E-state index contributed by atoms with van der Waals surface area (Å²) in [6.07, 6.45) is 1.51. The molecule has 0 amide bonds. The van der Waals surface area contributed by atoms with Gasteiger partial charge in [0, 0.05) is 19.3 Å². The van der Waals surface area contributed by atoms with Crippen molar-refractivity contribution in [2.45, 2.75) is 6.92 Å². The van der Waals surface area contributed by atoms with E-state index in [2.05, 4.69) is 15.6 Å². The Labute approximate surface area is 95.2 Å². The van der Waals surface area contributed by atoms with E-state index in [0.717, 1.165) is 18.9 Å². The van der Waals surface area contributed by atoms with Gasteiger partial charge in [-0.3, -0.25) is 0 Å². The number of hydrogen-bond acceptors (Lipinski definition) is 5. The van der Waals surface area contributed by atoms with Crippen LogP contribution in [0.15, 0.2) is 18.3 Å². The lowest BCUT2D eigenvalue weighted by Gasteiger charge is -2.05. The predicted octanol–water partition coefficient (Wildman–Crippen LogP) is 0.890. The number of nitrogens with one attached hydrogen (secondary N) is 2. The lowest BCUT2D eigenvalue weighted by atomic mass is 10.3. The van der Waals surface area contributed by atoms with Crippen LogP contribution in [0.5, 0.6) is 0 Å². The topological polar surface area (TPSA) is 63.2 Å². The summed E-state index contributed by atoms with van der Waals surface area (Å²) < 4.78 is 4.86. The third-order valence-electron chi connectivity index (χ3n) is 1.96. The fourth-order valence-electron chi connectivity index (χ4n) is 1.15. The molecule has 0 aliphatic carbocycles. The molecule has 2 N–H and O–H groups in total. The predicted molar refractivity (Wildman–Crippen MR) is 62.6 cm³/mol. The molecule has 1 aromatic rings. The number of anilines is 1. The number of aromatic nitrogens is 1. The third-order valence-corrected chi connectivity index (χ3v) is 1.96. The summed E-state index contributed by atoms with van der Waals surface area (Å²) in [5.74, 6) is 0.417. The molecule has 0 aromatic carbocycles. The van der Waals surface area contributed by atoms with Gasteiger partial charge in [-0.1, -0.05) is 0 Å². The first-order chi connectivity index (χ1) is 7.77. The third kappa shape index (κ3) is 3.86. The molecule has 0 radical (unpaired) electrons. The molecule has 88 valence electrons. The van der Waals surface area contributed by atoms with E-state index in [9.17, 15) is 4.79 Å². The Hall–Kier alpha value is -1.62. The molecular formula is C11H17N3O2. The molecule has 0 fully saturated rings. The van der Waals surface area contributed by atoms with Crippen molar-refractivity contribution >= 4 is 11.8 Å². The van der Waals surface area contributed by atoms with Gasteiger partial charge in [0.1, 0.15) is 5.82 Å². The van der Waals surface area contributed by atoms with Crippen molar-refractivity contribution in [3.05, 3.63) is 23.9 Å². The number of hydrogen-bond donors (Lipinski definition) is 2. The van der Waals surface area contributed by atoms with Gasteiger partial charge in [-0.2, -0.15) is 0 Å². The van der Waals surface area contributed by atoms with Gasteiger partial charge in [0.2, 0.25) is 0 Å². The fraction of sp³-hybridized carbons (Fsp3) is 0.455. The molecule has 0 bridgehead atoms. The summed E-state index contributed by atoms with van der Waals surface area (Å²) in [4.78, 5) is 15.4. The van der Waals surface area contributed by atoms with Crippen LogP contribution >= 0.6 is 0 Å². The summed E-state index contributed by atoms with van der Waals surface area (Å²) in [5, 5.41) is 6.14. The Bertz CT molecular complexity index is 325. The highest BCUT2D eigenvalue weighted by molar-refractivity contribution is 5.89. The monoisotopic (exact) mass is 223 g/mol. The maximum Gasteiger partial charge on any atom is 0.339 e. The van der Waals surface area contributed by atoms with E-state index in [1.54, 1.807) is 19.1 Å². The molecule has 1 rings (SSSR count). The normalized spacial score (nSPS) is 9.88. The lowest BCUT2D eigenvalue weighted by molar-refractivity contribution is 0.0526. The zero-order valence-corrected chi connectivity index (χ0v) is 9.62. The van der Waals surface area contributed by atoms with Crippen LogP contribution in [-0.4, -0.2) is 37.7 Å². The van der Waals surface area contributed by atoms with Crippen molar-refractivity contribution in [2.75, 3.05) is 32.1 Å². The number of carbonyl (C=O) groups is 1. The number of rotatable bonds is 6. The molecule has 0 saturated carbocycles. The van der Waals surface area contributed by atoms with E-state index < -0.39 is 0 Å². The zero-order chi connectivity index (χ0) is 11.8. The Balaban J connectivity index is 2.50. The van der Waals surface area contributed by atoms with Crippen LogP contribution in [0.4, 0.5) is 5.82 Å². The van der Waals surface area contributed by atoms with Crippen molar-refractivity contribution in [3.63, 3.8) is 0 Å². The van der Waals surface area contributed by atoms with Gasteiger partial charge >= 0.3 is 5.97 Å². The second-order valence-electron chi connectivity index (χ2n) is 3.18. The number of pyridine rings is 1. The Morgan fingerprint density at radius 1 is 1.44 bits per heavy atom. The largest absolute Gasteiger partial charge is 0.462 e. The number of carbonyl (C=O) groups excluding carboxylic acids is 1. The number of likely N-dealkylation sites (N-methyl/N-ethyl adjacent to an activating group) is 1.